The summed E-state index contributed by atoms with van der Waals surface area (Å²) < 4.78 is 1.40. The summed E-state index contributed by atoms with van der Waals surface area (Å²) in [4.78, 5) is 12.3. The number of carbonyl (C=O) groups excluding carboxylic acids is 1. The van der Waals surface area contributed by atoms with E-state index in [2.05, 4.69) is 15.5 Å². The molecule has 6 nitrogen and oxygen atoms in total. The van der Waals surface area contributed by atoms with Crippen molar-refractivity contribution >= 4 is 29.3 Å². The lowest BCUT2D eigenvalue weighted by Gasteiger charge is -2.15. The molecule has 0 saturated carbocycles. The molecule has 0 aliphatic rings. The summed E-state index contributed by atoms with van der Waals surface area (Å²) >= 11 is 7.41. The molecular formula is C19H20ClN5OS. The minimum Gasteiger partial charge on any atom is -0.349 e. The first kappa shape index (κ1) is 19.3. The second-order valence-electron chi connectivity index (χ2n) is 6.14. The molecule has 0 radical (unpaired) electrons. The van der Waals surface area contributed by atoms with Crippen LogP contribution in [0.4, 0.5) is 0 Å². The predicted octanol–water partition coefficient (Wildman–Crippen LogP) is 3.59. The van der Waals surface area contributed by atoms with Gasteiger partial charge in [-0.3, -0.25) is 4.79 Å². The largest absolute Gasteiger partial charge is 0.349 e. The second kappa shape index (κ2) is 8.45. The number of hydrogen-bond acceptors (Lipinski definition) is 5. The molecule has 0 unspecified atom stereocenters. The highest BCUT2D eigenvalue weighted by Gasteiger charge is 2.16. The highest BCUT2D eigenvalue weighted by molar-refractivity contribution is 7.99. The fraction of sp³-hybridized carbons (Fsp3) is 0.211. The van der Waals surface area contributed by atoms with Gasteiger partial charge in [-0.1, -0.05) is 71.4 Å². The number of rotatable bonds is 6. The van der Waals surface area contributed by atoms with Gasteiger partial charge in [0.15, 0.2) is 5.82 Å². The third-order valence-electron chi connectivity index (χ3n) is 4.06. The van der Waals surface area contributed by atoms with Gasteiger partial charge in [-0.25, -0.2) is 4.68 Å². The molecule has 1 aromatic heterocycles. The zero-order valence-corrected chi connectivity index (χ0v) is 16.6. The molecule has 8 heteroatoms. The van der Waals surface area contributed by atoms with Crippen molar-refractivity contribution in [2.24, 2.45) is 0 Å². The SMILES string of the molecule is Cc1ccc(-c2nnc(SCC(=O)N[C@@H](C)c3ccccc3Cl)n2N)cc1. The lowest BCUT2D eigenvalue weighted by atomic mass is 10.1. The van der Waals surface area contributed by atoms with Crippen LogP contribution in [0.2, 0.25) is 5.02 Å². The van der Waals surface area contributed by atoms with Crippen molar-refractivity contribution in [3.63, 3.8) is 0 Å². The van der Waals surface area contributed by atoms with Crippen molar-refractivity contribution < 1.29 is 4.79 Å². The molecule has 0 saturated heterocycles. The van der Waals surface area contributed by atoms with Crippen LogP contribution in [0.3, 0.4) is 0 Å². The predicted molar refractivity (Wildman–Crippen MR) is 109 cm³/mol. The lowest BCUT2D eigenvalue weighted by Crippen LogP contribution is -2.28. The molecule has 0 fully saturated rings. The molecule has 140 valence electrons. The second-order valence-corrected chi connectivity index (χ2v) is 7.49. The number of benzene rings is 2. The molecule has 0 bridgehead atoms. The van der Waals surface area contributed by atoms with E-state index in [0.29, 0.717) is 16.0 Å². The van der Waals surface area contributed by atoms with Crippen LogP contribution in [-0.2, 0) is 4.79 Å². The van der Waals surface area contributed by atoms with Gasteiger partial charge in [0.25, 0.3) is 0 Å². The van der Waals surface area contributed by atoms with E-state index in [4.69, 9.17) is 17.4 Å². The molecular weight excluding hydrogens is 382 g/mol. The summed E-state index contributed by atoms with van der Waals surface area (Å²) in [6.45, 7) is 3.91. The number of aromatic nitrogens is 3. The van der Waals surface area contributed by atoms with E-state index in [1.807, 2.05) is 56.3 Å². The molecule has 0 spiro atoms. The van der Waals surface area contributed by atoms with Crippen LogP contribution in [0.5, 0.6) is 0 Å². The van der Waals surface area contributed by atoms with Crippen molar-refractivity contribution in [2.45, 2.75) is 25.0 Å². The molecule has 1 heterocycles. The molecule has 27 heavy (non-hydrogen) atoms. The number of nitrogens with two attached hydrogens (primary N) is 1. The Balaban J connectivity index is 1.61. The van der Waals surface area contributed by atoms with E-state index in [0.717, 1.165) is 16.7 Å². The van der Waals surface area contributed by atoms with Crippen molar-refractivity contribution in [1.82, 2.24) is 20.2 Å². The van der Waals surface area contributed by atoms with Gasteiger partial charge in [-0.05, 0) is 25.5 Å². The van der Waals surface area contributed by atoms with Gasteiger partial charge in [0.2, 0.25) is 11.1 Å². The van der Waals surface area contributed by atoms with E-state index in [9.17, 15) is 4.79 Å². The Bertz CT molecular complexity index is 942. The standard InChI is InChI=1S/C19H20ClN5OS/c1-12-7-9-14(10-8-12)18-23-24-19(25(18)21)27-11-17(26)22-13(2)15-5-3-4-6-16(15)20/h3-10,13H,11,21H2,1-2H3,(H,22,26)/t13-/m0/s1. The number of nitrogens with one attached hydrogen (secondary N) is 1. The quantitative estimate of drug-likeness (QED) is 0.487. The Kier molecular flexibility index (Phi) is 6.03. The maximum absolute atomic E-state index is 12.3. The summed E-state index contributed by atoms with van der Waals surface area (Å²) in [7, 11) is 0. The Morgan fingerprint density at radius 1 is 1.22 bits per heavy atom. The topological polar surface area (TPSA) is 85.8 Å². The fourth-order valence-corrected chi connectivity index (χ4v) is 3.56. The van der Waals surface area contributed by atoms with E-state index in [-0.39, 0.29) is 17.7 Å². The molecule has 1 atom stereocenters. The average molecular weight is 402 g/mol. The van der Waals surface area contributed by atoms with Crippen LogP contribution in [-0.4, -0.2) is 26.5 Å². The van der Waals surface area contributed by atoms with Gasteiger partial charge < -0.3 is 11.2 Å². The highest BCUT2D eigenvalue weighted by Crippen LogP contribution is 2.24. The van der Waals surface area contributed by atoms with E-state index in [1.54, 1.807) is 6.07 Å². The zero-order chi connectivity index (χ0) is 19.4. The van der Waals surface area contributed by atoms with Crippen molar-refractivity contribution in [3.8, 4) is 11.4 Å². The first-order valence-electron chi connectivity index (χ1n) is 8.40. The van der Waals surface area contributed by atoms with Crippen LogP contribution in [0.1, 0.15) is 24.1 Å². The molecule has 2 aromatic carbocycles. The first-order chi connectivity index (χ1) is 13.0. The normalized spacial score (nSPS) is 12.0. The van der Waals surface area contributed by atoms with E-state index >= 15 is 0 Å². The number of hydrogen-bond donors (Lipinski definition) is 2. The Labute approximate surface area is 167 Å². The average Bonchev–Trinajstić information content (AvgIpc) is 3.01. The molecule has 3 aromatic rings. The number of carbonyl (C=O) groups is 1. The number of nitrogens with zero attached hydrogens (tertiary/aromatic N) is 3. The van der Waals surface area contributed by atoms with E-state index in [1.165, 1.54) is 16.4 Å². The number of nitrogen functional groups attached to an aromatic ring is 1. The van der Waals surface area contributed by atoms with Gasteiger partial charge in [0.05, 0.1) is 11.8 Å². The third kappa shape index (κ3) is 4.61. The maximum atomic E-state index is 12.3. The van der Waals surface area contributed by atoms with Crippen LogP contribution in [0, 0.1) is 6.92 Å². The molecule has 0 aliphatic heterocycles. The number of thioether (sulfide) groups is 1. The number of aryl methyl sites for hydroxylation is 1. The van der Waals surface area contributed by atoms with Crippen molar-refractivity contribution in [3.05, 3.63) is 64.7 Å². The number of amides is 1. The summed E-state index contributed by atoms with van der Waals surface area (Å²) in [6, 6.07) is 15.1. The minimum atomic E-state index is -0.189. The Hall–Kier alpha value is -2.51. The molecule has 1 amide bonds. The van der Waals surface area contributed by atoms with Gasteiger partial charge in [-0.15, -0.1) is 10.2 Å². The maximum Gasteiger partial charge on any atom is 0.230 e. The monoisotopic (exact) mass is 401 g/mol. The van der Waals surface area contributed by atoms with Crippen LogP contribution in [0.25, 0.3) is 11.4 Å². The summed E-state index contributed by atoms with van der Waals surface area (Å²) in [5.41, 5.74) is 2.90. The van der Waals surface area contributed by atoms with Crippen LogP contribution >= 0.6 is 23.4 Å². The molecule has 0 aliphatic carbocycles. The molecule has 3 rings (SSSR count). The summed E-state index contributed by atoms with van der Waals surface area (Å²) in [5, 5.41) is 12.3. The first-order valence-corrected chi connectivity index (χ1v) is 9.76. The van der Waals surface area contributed by atoms with Crippen LogP contribution in [0.15, 0.2) is 53.7 Å². The number of halogens is 1. The lowest BCUT2D eigenvalue weighted by molar-refractivity contribution is -0.119. The summed E-state index contributed by atoms with van der Waals surface area (Å²) in [5.74, 6) is 6.70. The van der Waals surface area contributed by atoms with Gasteiger partial charge in [0.1, 0.15) is 0 Å². The Morgan fingerprint density at radius 3 is 2.63 bits per heavy atom. The molecule has 3 N–H and O–H groups in total. The smallest absolute Gasteiger partial charge is 0.230 e. The zero-order valence-electron chi connectivity index (χ0n) is 15.0. The van der Waals surface area contributed by atoms with Crippen LogP contribution < -0.4 is 11.2 Å². The van der Waals surface area contributed by atoms with Gasteiger partial charge in [0, 0.05) is 10.6 Å². The minimum absolute atomic E-state index is 0.132. The summed E-state index contributed by atoms with van der Waals surface area (Å²) in [6.07, 6.45) is 0. The Morgan fingerprint density at radius 2 is 1.93 bits per heavy atom. The van der Waals surface area contributed by atoms with Gasteiger partial charge in [-0.2, -0.15) is 0 Å². The van der Waals surface area contributed by atoms with E-state index < -0.39 is 0 Å². The highest BCUT2D eigenvalue weighted by atomic mass is 35.5. The van der Waals surface area contributed by atoms with Crippen molar-refractivity contribution in [1.29, 1.82) is 0 Å². The fourth-order valence-electron chi connectivity index (χ4n) is 2.59. The third-order valence-corrected chi connectivity index (χ3v) is 5.34. The van der Waals surface area contributed by atoms with Gasteiger partial charge >= 0.3 is 0 Å². The van der Waals surface area contributed by atoms with Crippen molar-refractivity contribution in [2.75, 3.05) is 11.6 Å².